The van der Waals surface area contributed by atoms with Gasteiger partial charge in [-0.1, -0.05) is 72.8 Å². The van der Waals surface area contributed by atoms with Crippen LogP contribution in [0, 0.1) is 17.0 Å². The van der Waals surface area contributed by atoms with Gasteiger partial charge in [0.1, 0.15) is 0 Å². The first-order valence-corrected chi connectivity index (χ1v) is 9.79. The maximum Gasteiger partial charge on any atom is 0.272 e. The van der Waals surface area contributed by atoms with Gasteiger partial charge in [0.05, 0.1) is 11.0 Å². The molecule has 0 unspecified atom stereocenters. The van der Waals surface area contributed by atoms with Gasteiger partial charge in [-0.05, 0) is 30.0 Å². The molecule has 0 heterocycles. The molecule has 0 radical (unpaired) electrons. The molecule has 0 fully saturated rings. The minimum atomic E-state index is -0.331. The molecule has 0 spiro atoms. The van der Waals surface area contributed by atoms with Crippen molar-refractivity contribution >= 4 is 5.69 Å². The summed E-state index contributed by atoms with van der Waals surface area (Å²) in [5, 5.41) is 20.8. The zero-order valence-corrected chi connectivity index (χ0v) is 16.6. The second-order valence-electron chi connectivity index (χ2n) is 7.09. The van der Waals surface area contributed by atoms with E-state index in [1.807, 2.05) is 42.5 Å². The number of hydrogen-bond donors (Lipinski definition) is 1. The Balaban J connectivity index is 2.03. The molecule has 3 rings (SSSR count). The highest BCUT2D eigenvalue weighted by Gasteiger charge is 2.24. The van der Waals surface area contributed by atoms with Crippen LogP contribution in [0.25, 0.3) is 0 Å². The topological polar surface area (TPSA) is 66.6 Å². The van der Waals surface area contributed by atoms with E-state index in [9.17, 15) is 15.2 Å². The summed E-state index contributed by atoms with van der Waals surface area (Å²) in [6.07, 6.45) is 0.629. The smallest absolute Gasteiger partial charge is 0.272 e. The Morgan fingerprint density at radius 3 is 2.03 bits per heavy atom. The summed E-state index contributed by atoms with van der Waals surface area (Å²) in [5.74, 6) is 0. The summed E-state index contributed by atoms with van der Waals surface area (Å²) in [6, 6.07) is 25.7. The quantitative estimate of drug-likeness (QED) is 0.418. The second kappa shape index (κ2) is 9.96. The summed E-state index contributed by atoms with van der Waals surface area (Å²) in [5.41, 5.74) is 4.06. The van der Waals surface area contributed by atoms with Crippen LogP contribution in [0.15, 0.2) is 78.9 Å². The number of nitrogens with zero attached hydrogens (tertiary/aromatic N) is 2. The molecule has 0 aliphatic rings. The molecular weight excluding hydrogens is 364 g/mol. The van der Waals surface area contributed by atoms with Gasteiger partial charge < -0.3 is 5.11 Å². The normalized spacial score (nSPS) is 11.2. The van der Waals surface area contributed by atoms with Gasteiger partial charge in [-0.15, -0.1) is 0 Å². The summed E-state index contributed by atoms with van der Waals surface area (Å²) >= 11 is 0. The van der Waals surface area contributed by atoms with Crippen molar-refractivity contribution in [2.75, 3.05) is 13.2 Å². The van der Waals surface area contributed by atoms with Gasteiger partial charge >= 0.3 is 0 Å². The zero-order valence-electron chi connectivity index (χ0n) is 16.6. The van der Waals surface area contributed by atoms with Crippen LogP contribution in [0.3, 0.4) is 0 Å². The SMILES string of the molecule is Cc1c(CN(CCCO)C(c2ccccc2)c2ccccc2)cccc1[N+](=O)[O-]. The summed E-state index contributed by atoms with van der Waals surface area (Å²) in [7, 11) is 0. The van der Waals surface area contributed by atoms with E-state index in [1.165, 1.54) is 0 Å². The maximum atomic E-state index is 11.4. The van der Waals surface area contributed by atoms with Gasteiger partial charge in [0, 0.05) is 31.3 Å². The lowest BCUT2D eigenvalue weighted by molar-refractivity contribution is -0.385. The second-order valence-corrected chi connectivity index (χ2v) is 7.09. The molecule has 3 aromatic carbocycles. The average Bonchev–Trinajstić information content (AvgIpc) is 2.74. The van der Waals surface area contributed by atoms with E-state index in [2.05, 4.69) is 29.2 Å². The molecule has 1 N–H and O–H groups in total. The predicted molar refractivity (Wildman–Crippen MR) is 115 cm³/mol. The van der Waals surface area contributed by atoms with Gasteiger partial charge in [-0.3, -0.25) is 15.0 Å². The number of aliphatic hydroxyl groups excluding tert-OH is 1. The highest BCUT2D eigenvalue weighted by atomic mass is 16.6. The van der Waals surface area contributed by atoms with Crippen molar-refractivity contribution < 1.29 is 10.0 Å². The molecular formula is C24H26N2O3. The summed E-state index contributed by atoms with van der Waals surface area (Å²) < 4.78 is 0. The molecule has 0 saturated heterocycles. The van der Waals surface area contributed by atoms with Crippen LogP contribution in [0.2, 0.25) is 0 Å². The monoisotopic (exact) mass is 390 g/mol. The minimum Gasteiger partial charge on any atom is -0.396 e. The van der Waals surface area contributed by atoms with Crippen LogP contribution in [0.1, 0.15) is 34.7 Å². The lowest BCUT2D eigenvalue weighted by Gasteiger charge is -2.33. The standard InChI is InChI=1S/C24H26N2O3/c1-19-22(14-8-15-23(19)26(28)29)18-25(16-9-17-27)24(20-10-4-2-5-11-20)21-12-6-3-7-13-21/h2-8,10-15,24,27H,9,16-18H2,1H3. The fraction of sp³-hybridized carbons (Fsp3) is 0.250. The molecule has 5 heteroatoms. The molecule has 0 aromatic heterocycles. The maximum absolute atomic E-state index is 11.4. The van der Waals surface area contributed by atoms with Crippen molar-refractivity contribution in [3.63, 3.8) is 0 Å². The van der Waals surface area contributed by atoms with Crippen molar-refractivity contribution in [2.24, 2.45) is 0 Å². The summed E-state index contributed by atoms with van der Waals surface area (Å²) in [4.78, 5) is 13.3. The third-order valence-electron chi connectivity index (χ3n) is 5.19. The van der Waals surface area contributed by atoms with E-state index >= 15 is 0 Å². The first kappa shape index (κ1) is 20.7. The van der Waals surface area contributed by atoms with E-state index in [0.29, 0.717) is 25.1 Å². The largest absolute Gasteiger partial charge is 0.396 e. The van der Waals surface area contributed by atoms with Gasteiger partial charge in [-0.25, -0.2) is 0 Å². The van der Waals surface area contributed by atoms with E-state index in [1.54, 1.807) is 19.1 Å². The highest BCUT2D eigenvalue weighted by molar-refractivity contribution is 5.44. The molecule has 0 bridgehead atoms. The van der Waals surface area contributed by atoms with Gasteiger partial charge in [0.25, 0.3) is 5.69 Å². The van der Waals surface area contributed by atoms with E-state index in [0.717, 1.165) is 16.7 Å². The molecule has 0 aliphatic carbocycles. The van der Waals surface area contributed by atoms with Gasteiger partial charge in [0.2, 0.25) is 0 Å². The Kier molecular flexibility index (Phi) is 7.11. The van der Waals surface area contributed by atoms with Crippen molar-refractivity contribution in [3.05, 3.63) is 111 Å². The molecule has 0 atom stereocenters. The minimum absolute atomic E-state index is 0.0115. The Hall–Kier alpha value is -3.02. The molecule has 0 saturated carbocycles. The number of aliphatic hydroxyl groups is 1. The first-order valence-electron chi connectivity index (χ1n) is 9.79. The zero-order chi connectivity index (χ0) is 20.6. The summed E-state index contributed by atoms with van der Waals surface area (Å²) in [6.45, 7) is 3.13. The molecule has 0 aliphatic heterocycles. The van der Waals surface area contributed by atoms with Crippen molar-refractivity contribution in [1.82, 2.24) is 4.90 Å². The van der Waals surface area contributed by atoms with E-state index in [-0.39, 0.29) is 23.3 Å². The molecule has 3 aromatic rings. The Morgan fingerprint density at radius 1 is 0.931 bits per heavy atom. The van der Waals surface area contributed by atoms with Crippen LogP contribution in [0.4, 0.5) is 5.69 Å². The van der Waals surface area contributed by atoms with E-state index < -0.39 is 0 Å². The fourth-order valence-corrected chi connectivity index (χ4v) is 3.72. The third-order valence-corrected chi connectivity index (χ3v) is 5.19. The van der Waals surface area contributed by atoms with Crippen LogP contribution in [-0.2, 0) is 6.54 Å². The predicted octanol–water partition coefficient (Wildman–Crippen LogP) is 4.88. The number of nitro groups is 1. The Bertz CT molecular complexity index is 890. The molecule has 29 heavy (non-hydrogen) atoms. The van der Waals surface area contributed by atoms with Crippen LogP contribution in [-0.4, -0.2) is 28.1 Å². The molecule has 5 nitrogen and oxygen atoms in total. The number of hydrogen-bond acceptors (Lipinski definition) is 4. The average molecular weight is 390 g/mol. The first-order chi connectivity index (χ1) is 14.1. The number of benzene rings is 3. The third kappa shape index (κ3) is 5.08. The van der Waals surface area contributed by atoms with Gasteiger partial charge in [-0.2, -0.15) is 0 Å². The van der Waals surface area contributed by atoms with Crippen LogP contribution >= 0.6 is 0 Å². The number of nitro benzene ring substituents is 1. The lowest BCUT2D eigenvalue weighted by atomic mass is 9.95. The van der Waals surface area contributed by atoms with Crippen molar-refractivity contribution in [3.8, 4) is 0 Å². The highest BCUT2D eigenvalue weighted by Crippen LogP contribution is 2.32. The van der Waals surface area contributed by atoms with Crippen LogP contribution in [0.5, 0.6) is 0 Å². The molecule has 150 valence electrons. The lowest BCUT2D eigenvalue weighted by Crippen LogP contribution is -2.31. The van der Waals surface area contributed by atoms with Crippen LogP contribution < -0.4 is 0 Å². The molecule has 0 amide bonds. The Labute approximate surface area is 171 Å². The van der Waals surface area contributed by atoms with E-state index in [4.69, 9.17) is 0 Å². The fourth-order valence-electron chi connectivity index (χ4n) is 3.72. The van der Waals surface area contributed by atoms with Gasteiger partial charge in [0.15, 0.2) is 0 Å². The number of rotatable bonds is 9. The Morgan fingerprint density at radius 2 is 1.52 bits per heavy atom. The van der Waals surface area contributed by atoms with Crippen molar-refractivity contribution in [1.29, 1.82) is 0 Å². The van der Waals surface area contributed by atoms with Crippen molar-refractivity contribution in [2.45, 2.75) is 25.9 Å².